The first kappa shape index (κ1) is 17.7. The first-order valence-electron chi connectivity index (χ1n) is 8.51. The van der Waals surface area contributed by atoms with Gasteiger partial charge >= 0.3 is 0 Å². The Labute approximate surface area is 153 Å². The number of carbonyl (C=O) groups is 1. The minimum Gasteiger partial charge on any atom is -0.497 e. The first-order chi connectivity index (χ1) is 12.5. The van der Waals surface area contributed by atoms with Gasteiger partial charge in [0.05, 0.1) is 29.7 Å². The van der Waals surface area contributed by atoms with E-state index >= 15 is 0 Å². The van der Waals surface area contributed by atoms with Crippen LogP contribution in [0, 0.1) is 13.8 Å². The summed E-state index contributed by atoms with van der Waals surface area (Å²) in [6.07, 6.45) is 0. The standard InChI is InChI=1S/C21H23N3O2/c1-15-20(16(2)24(22-15)18-8-6-5-7-9-18)21(25)23(3)14-17-10-12-19(26-4)13-11-17/h5-13H,14H2,1-4H3. The van der Waals surface area contributed by atoms with Crippen molar-refractivity contribution in [3.8, 4) is 11.4 Å². The molecule has 5 nitrogen and oxygen atoms in total. The third kappa shape index (κ3) is 3.47. The van der Waals surface area contributed by atoms with Gasteiger partial charge in [0.15, 0.2) is 0 Å². The number of hydrogen-bond donors (Lipinski definition) is 0. The second kappa shape index (κ2) is 7.44. The Morgan fingerprint density at radius 3 is 2.35 bits per heavy atom. The maximum absolute atomic E-state index is 13.0. The minimum atomic E-state index is -0.0296. The zero-order valence-corrected chi connectivity index (χ0v) is 15.6. The van der Waals surface area contributed by atoms with Crippen LogP contribution in [0.15, 0.2) is 54.6 Å². The van der Waals surface area contributed by atoms with E-state index in [1.165, 1.54) is 0 Å². The highest BCUT2D eigenvalue weighted by Gasteiger charge is 2.22. The second-order valence-corrected chi connectivity index (χ2v) is 6.30. The Hall–Kier alpha value is -3.08. The van der Waals surface area contributed by atoms with E-state index < -0.39 is 0 Å². The van der Waals surface area contributed by atoms with Crippen molar-refractivity contribution < 1.29 is 9.53 Å². The highest BCUT2D eigenvalue weighted by Crippen LogP contribution is 2.20. The Morgan fingerprint density at radius 1 is 1.08 bits per heavy atom. The molecule has 1 amide bonds. The fourth-order valence-electron chi connectivity index (χ4n) is 3.04. The molecule has 0 saturated heterocycles. The van der Waals surface area contributed by atoms with Crippen LogP contribution >= 0.6 is 0 Å². The molecule has 3 aromatic rings. The lowest BCUT2D eigenvalue weighted by Gasteiger charge is -2.18. The fourth-order valence-corrected chi connectivity index (χ4v) is 3.04. The van der Waals surface area contributed by atoms with Crippen LogP contribution < -0.4 is 4.74 Å². The average molecular weight is 349 g/mol. The van der Waals surface area contributed by atoms with Gasteiger partial charge in [-0.2, -0.15) is 5.10 Å². The molecule has 2 aromatic carbocycles. The molecule has 1 aromatic heterocycles. The van der Waals surface area contributed by atoms with Crippen molar-refractivity contribution >= 4 is 5.91 Å². The Balaban J connectivity index is 1.83. The number of nitrogens with zero attached hydrogens (tertiary/aromatic N) is 3. The molecule has 0 aliphatic heterocycles. The maximum Gasteiger partial charge on any atom is 0.257 e. The van der Waals surface area contributed by atoms with Crippen LogP contribution in [0.2, 0.25) is 0 Å². The highest BCUT2D eigenvalue weighted by atomic mass is 16.5. The molecular weight excluding hydrogens is 326 g/mol. The molecule has 26 heavy (non-hydrogen) atoms. The quantitative estimate of drug-likeness (QED) is 0.704. The molecule has 0 aliphatic rings. The fraction of sp³-hybridized carbons (Fsp3) is 0.238. The monoisotopic (exact) mass is 349 g/mol. The second-order valence-electron chi connectivity index (χ2n) is 6.30. The summed E-state index contributed by atoms with van der Waals surface area (Å²) in [6.45, 7) is 4.33. The zero-order chi connectivity index (χ0) is 18.7. The predicted octanol–water partition coefficient (Wildman–Crippen LogP) is 3.77. The van der Waals surface area contributed by atoms with Gasteiger partial charge in [0.1, 0.15) is 5.75 Å². The largest absolute Gasteiger partial charge is 0.497 e. The molecule has 1 heterocycles. The third-order valence-corrected chi connectivity index (χ3v) is 4.43. The van der Waals surface area contributed by atoms with Crippen molar-refractivity contribution in [3.63, 3.8) is 0 Å². The lowest BCUT2D eigenvalue weighted by molar-refractivity contribution is 0.0783. The zero-order valence-electron chi connectivity index (χ0n) is 15.6. The summed E-state index contributed by atoms with van der Waals surface area (Å²) in [5.74, 6) is 0.775. The first-order valence-corrected chi connectivity index (χ1v) is 8.51. The molecule has 0 unspecified atom stereocenters. The van der Waals surface area contributed by atoms with Gasteiger partial charge in [-0.15, -0.1) is 0 Å². The van der Waals surface area contributed by atoms with Crippen molar-refractivity contribution in [2.75, 3.05) is 14.2 Å². The van der Waals surface area contributed by atoms with E-state index in [9.17, 15) is 4.79 Å². The molecule has 0 saturated carbocycles. The Morgan fingerprint density at radius 2 is 1.73 bits per heavy atom. The van der Waals surface area contributed by atoms with E-state index in [0.29, 0.717) is 12.1 Å². The lowest BCUT2D eigenvalue weighted by Crippen LogP contribution is -2.27. The molecule has 5 heteroatoms. The molecule has 0 N–H and O–H groups in total. The molecule has 134 valence electrons. The number of hydrogen-bond acceptors (Lipinski definition) is 3. The normalized spacial score (nSPS) is 10.6. The van der Waals surface area contributed by atoms with Crippen molar-refractivity contribution in [1.29, 1.82) is 0 Å². The van der Waals surface area contributed by atoms with Crippen molar-refractivity contribution in [3.05, 3.63) is 77.1 Å². The van der Waals surface area contributed by atoms with E-state index in [-0.39, 0.29) is 5.91 Å². The summed E-state index contributed by atoms with van der Waals surface area (Å²) in [7, 11) is 3.45. The maximum atomic E-state index is 13.0. The van der Waals surface area contributed by atoms with Gasteiger partial charge in [-0.3, -0.25) is 4.79 Å². The summed E-state index contributed by atoms with van der Waals surface area (Å²) in [6, 6.07) is 17.6. The number of amides is 1. The van der Waals surface area contributed by atoms with Gasteiger partial charge in [0.2, 0.25) is 0 Å². The van der Waals surface area contributed by atoms with Crippen LogP contribution in [0.1, 0.15) is 27.3 Å². The lowest BCUT2D eigenvalue weighted by atomic mass is 10.1. The number of rotatable bonds is 5. The summed E-state index contributed by atoms with van der Waals surface area (Å²) >= 11 is 0. The van der Waals surface area contributed by atoms with E-state index in [2.05, 4.69) is 5.10 Å². The summed E-state index contributed by atoms with van der Waals surface area (Å²) < 4.78 is 7.00. The number of aromatic nitrogens is 2. The van der Waals surface area contributed by atoms with Crippen molar-refractivity contribution in [1.82, 2.24) is 14.7 Å². The molecule has 0 fully saturated rings. The van der Waals surface area contributed by atoms with Crippen LogP contribution in [0.25, 0.3) is 5.69 Å². The number of carbonyl (C=O) groups excluding carboxylic acids is 1. The Bertz CT molecular complexity index is 899. The van der Waals surface area contributed by atoms with E-state index in [0.717, 1.165) is 28.4 Å². The van der Waals surface area contributed by atoms with Crippen molar-refractivity contribution in [2.45, 2.75) is 20.4 Å². The average Bonchev–Trinajstić information content (AvgIpc) is 2.96. The summed E-state index contributed by atoms with van der Waals surface area (Å²) in [4.78, 5) is 14.7. The third-order valence-electron chi connectivity index (χ3n) is 4.43. The van der Waals surface area contributed by atoms with Gasteiger partial charge < -0.3 is 9.64 Å². The molecule has 0 aliphatic carbocycles. The van der Waals surface area contributed by atoms with Crippen LogP contribution in [0.4, 0.5) is 0 Å². The molecular formula is C21H23N3O2. The smallest absolute Gasteiger partial charge is 0.257 e. The molecule has 3 rings (SSSR count). The molecule has 0 atom stereocenters. The van der Waals surface area contributed by atoms with Crippen LogP contribution in [-0.2, 0) is 6.54 Å². The number of methoxy groups -OCH3 is 1. The van der Waals surface area contributed by atoms with Gasteiger partial charge in [-0.25, -0.2) is 4.68 Å². The molecule has 0 bridgehead atoms. The van der Waals surface area contributed by atoms with Crippen LogP contribution in [-0.4, -0.2) is 34.7 Å². The van der Waals surface area contributed by atoms with Gasteiger partial charge in [0, 0.05) is 13.6 Å². The van der Waals surface area contributed by atoms with Crippen molar-refractivity contribution in [2.24, 2.45) is 0 Å². The highest BCUT2D eigenvalue weighted by molar-refractivity contribution is 5.96. The number of para-hydroxylation sites is 1. The molecule has 0 spiro atoms. The predicted molar refractivity (Wildman–Crippen MR) is 102 cm³/mol. The minimum absolute atomic E-state index is 0.0296. The topological polar surface area (TPSA) is 47.4 Å². The summed E-state index contributed by atoms with van der Waals surface area (Å²) in [5.41, 5.74) is 4.24. The number of ether oxygens (including phenoxy) is 1. The van der Waals surface area contributed by atoms with E-state index in [1.807, 2.05) is 80.2 Å². The van der Waals surface area contributed by atoms with E-state index in [1.54, 1.807) is 12.0 Å². The van der Waals surface area contributed by atoms with Gasteiger partial charge in [0.25, 0.3) is 5.91 Å². The SMILES string of the molecule is COc1ccc(CN(C)C(=O)c2c(C)nn(-c3ccccc3)c2C)cc1. The van der Waals surface area contributed by atoms with E-state index in [4.69, 9.17) is 4.74 Å². The Kier molecular flexibility index (Phi) is 5.07. The van der Waals surface area contributed by atoms with Crippen LogP contribution in [0.5, 0.6) is 5.75 Å². The van der Waals surface area contributed by atoms with Gasteiger partial charge in [-0.1, -0.05) is 30.3 Å². The summed E-state index contributed by atoms with van der Waals surface area (Å²) in [5, 5.41) is 4.57. The van der Waals surface area contributed by atoms with Crippen LogP contribution in [0.3, 0.4) is 0 Å². The number of aryl methyl sites for hydroxylation is 1. The number of benzene rings is 2. The molecule has 0 radical (unpaired) electrons. The van der Waals surface area contributed by atoms with Gasteiger partial charge in [-0.05, 0) is 43.7 Å².